The number of carboxylic acid groups (broad SMARTS) is 1. The molecule has 0 amide bonds. The van der Waals surface area contributed by atoms with Crippen LogP contribution >= 0.6 is 11.3 Å². The second-order valence-corrected chi connectivity index (χ2v) is 8.05. The highest BCUT2D eigenvalue weighted by Crippen LogP contribution is 2.36. The maximum atomic E-state index is 13.8. The van der Waals surface area contributed by atoms with E-state index in [1.54, 1.807) is 0 Å². The molecule has 0 aliphatic carbocycles. The summed E-state index contributed by atoms with van der Waals surface area (Å²) in [6, 6.07) is 8.33. The highest BCUT2D eigenvalue weighted by molar-refractivity contribution is 7.92. The first-order chi connectivity index (χ1) is 12.7. The number of thiophene rings is 1. The number of hydrogen-bond acceptors (Lipinski definition) is 4. The molecule has 0 radical (unpaired) electrons. The Morgan fingerprint density at radius 2 is 1.59 bits per heavy atom. The van der Waals surface area contributed by atoms with Crippen molar-refractivity contribution in [2.45, 2.75) is 4.90 Å². The minimum atomic E-state index is -4.50. The summed E-state index contributed by atoms with van der Waals surface area (Å²) >= 11 is 0.766. The number of carbonyl (C=O) groups is 1. The van der Waals surface area contributed by atoms with Gasteiger partial charge in [-0.2, -0.15) is 0 Å². The third kappa shape index (κ3) is 3.96. The van der Waals surface area contributed by atoms with Gasteiger partial charge in [0.2, 0.25) is 0 Å². The lowest BCUT2D eigenvalue weighted by atomic mass is 10.2. The Bertz CT molecular complexity index is 1130. The molecule has 0 saturated carbocycles. The number of carboxylic acids is 1. The Hall–Kier alpha value is -2.85. The molecule has 0 atom stereocenters. The highest BCUT2D eigenvalue weighted by Gasteiger charge is 2.24. The first-order valence-electron chi connectivity index (χ1n) is 7.28. The minimum Gasteiger partial charge on any atom is -0.477 e. The predicted octanol–water partition coefficient (Wildman–Crippen LogP) is 4.33. The summed E-state index contributed by atoms with van der Waals surface area (Å²) in [5, 5.41) is 9.32. The van der Waals surface area contributed by atoms with Crippen LogP contribution in [0.5, 0.6) is 0 Å². The van der Waals surface area contributed by atoms with Crippen LogP contribution in [0.1, 0.15) is 9.67 Å². The van der Waals surface area contributed by atoms with Crippen LogP contribution in [0.2, 0.25) is 0 Å². The molecule has 140 valence electrons. The molecule has 3 aromatic rings. The van der Waals surface area contributed by atoms with Gasteiger partial charge < -0.3 is 5.11 Å². The van der Waals surface area contributed by atoms with Crippen molar-refractivity contribution in [3.8, 4) is 10.4 Å². The van der Waals surface area contributed by atoms with E-state index in [9.17, 15) is 31.5 Å². The molecule has 5 nitrogen and oxygen atoms in total. The van der Waals surface area contributed by atoms with E-state index in [2.05, 4.69) is 0 Å². The quantitative estimate of drug-likeness (QED) is 0.652. The van der Waals surface area contributed by atoms with Crippen molar-refractivity contribution < 1.29 is 31.5 Å². The molecule has 0 aliphatic rings. The molecule has 0 unspecified atom stereocenters. The summed E-state index contributed by atoms with van der Waals surface area (Å²) in [5.74, 6) is -4.15. The number of aromatic carboxylic acids is 1. The topological polar surface area (TPSA) is 83.5 Å². The summed E-state index contributed by atoms with van der Waals surface area (Å²) in [6.07, 6.45) is 0. The average Bonchev–Trinajstić information content (AvgIpc) is 2.98. The summed E-state index contributed by atoms with van der Waals surface area (Å²) in [5.41, 5.74) is 0.192. The Balaban J connectivity index is 2.03. The van der Waals surface area contributed by atoms with Gasteiger partial charge in [0.1, 0.15) is 27.2 Å². The molecule has 10 heteroatoms. The number of rotatable bonds is 5. The molecule has 0 saturated heterocycles. The van der Waals surface area contributed by atoms with E-state index in [1.807, 2.05) is 4.72 Å². The highest BCUT2D eigenvalue weighted by atomic mass is 32.2. The zero-order valence-electron chi connectivity index (χ0n) is 13.2. The zero-order chi connectivity index (χ0) is 19.8. The predicted molar refractivity (Wildman–Crippen MR) is 93.8 cm³/mol. The van der Waals surface area contributed by atoms with Crippen molar-refractivity contribution in [2.75, 3.05) is 4.72 Å². The second-order valence-electron chi connectivity index (χ2n) is 5.35. The van der Waals surface area contributed by atoms with Gasteiger partial charge in [-0.05, 0) is 35.9 Å². The Morgan fingerprint density at radius 3 is 2.19 bits per heavy atom. The fourth-order valence-electron chi connectivity index (χ4n) is 2.28. The summed E-state index contributed by atoms with van der Waals surface area (Å²) in [7, 11) is -4.50. The number of anilines is 1. The Labute approximate surface area is 155 Å². The average molecular weight is 413 g/mol. The summed E-state index contributed by atoms with van der Waals surface area (Å²) in [4.78, 5) is 10.7. The van der Waals surface area contributed by atoms with Gasteiger partial charge in [0.15, 0.2) is 0 Å². The summed E-state index contributed by atoms with van der Waals surface area (Å²) in [6.45, 7) is 0. The van der Waals surface area contributed by atoms with Crippen molar-refractivity contribution in [1.29, 1.82) is 0 Å². The lowest BCUT2D eigenvalue weighted by Crippen LogP contribution is -2.16. The molecule has 0 bridgehead atoms. The van der Waals surface area contributed by atoms with Crippen LogP contribution < -0.4 is 4.72 Å². The molecular formula is C17H10F3NO4S2. The third-order valence-electron chi connectivity index (χ3n) is 3.48. The Morgan fingerprint density at radius 1 is 0.963 bits per heavy atom. The van der Waals surface area contributed by atoms with Crippen LogP contribution in [0.3, 0.4) is 0 Å². The van der Waals surface area contributed by atoms with Crippen molar-refractivity contribution in [1.82, 2.24) is 0 Å². The van der Waals surface area contributed by atoms with Crippen molar-refractivity contribution in [3.63, 3.8) is 0 Å². The van der Waals surface area contributed by atoms with Crippen molar-refractivity contribution in [3.05, 3.63) is 70.9 Å². The van der Waals surface area contributed by atoms with Crippen molar-refractivity contribution in [2.24, 2.45) is 0 Å². The Kier molecular flexibility index (Phi) is 4.94. The molecule has 0 spiro atoms. The van der Waals surface area contributed by atoms with E-state index < -0.39 is 38.3 Å². The number of benzene rings is 2. The van der Waals surface area contributed by atoms with E-state index in [4.69, 9.17) is 0 Å². The van der Waals surface area contributed by atoms with E-state index >= 15 is 0 Å². The van der Waals surface area contributed by atoms with Gasteiger partial charge in [0.25, 0.3) is 10.0 Å². The maximum Gasteiger partial charge on any atom is 0.348 e. The number of halogens is 3. The smallest absolute Gasteiger partial charge is 0.348 e. The van der Waals surface area contributed by atoms with Crippen LogP contribution in [0.4, 0.5) is 18.9 Å². The second kappa shape index (κ2) is 7.05. The molecule has 0 aliphatic heterocycles. The van der Waals surface area contributed by atoms with Gasteiger partial charge in [0.05, 0.1) is 5.69 Å². The van der Waals surface area contributed by atoms with Crippen LogP contribution in [0.15, 0.2) is 53.4 Å². The van der Waals surface area contributed by atoms with Gasteiger partial charge in [0, 0.05) is 10.9 Å². The fourth-order valence-corrected chi connectivity index (χ4v) is 4.42. The largest absolute Gasteiger partial charge is 0.477 e. The van der Waals surface area contributed by atoms with Crippen molar-refractivity contribution >= 4 is 33.0 Å². The third-order valence-corrected chi connectivity index (χ3v) is 6.05. The lowest BCUT2D eigenvalue weighted by molar-refractivity contribution is 0.0703. The molecule has 1 heterocycles. The molecule has 1 aromatic heterocycles. The van der Waals surface area contributed by atoms with E-state index in [1.165, 1.54) is 30.3 Å². The fraction of sp³-hybridized carbons (Fsp3) is 0. The van der Waals surface area contributed by atoms with E-state index in [0.29, 0.717) is 16.5 Å². The molecule has 2 aromatic carbocycles. The van der Waals surface area contributed by atoms with Crippen LogP contribution in [0.25, 0.3) is 10.4 Å². The first kappa shape index (κ1) is 18.9. The molecule has 3 rings (SSSR count). The summed E-state index contributed by atoms with van der Waals surface area (Å²) < 4.78 is 66.6. The number of nitrogens with one attached hydrogen (secondary N) is 1. The van der Waals surface area contributed by atoms with Crippen LogP contribution in [-0.4, -0.2) is 19.5 Å². The standard InChI is InChI=1S/C17H10F3NO4S2/c18-10-3-1-9(2-4-10)14-8-13(16(26-14)17(22)23)21-27(24,25)15-6-5-11(19)7-12(15)20/h1-8,21H,(H,22,23). The van der Waals surface area contributed by atoms with Gasteiger partial charge in [-0.3, -0.25) is 4.72 Å². The number of sulfonamides is 1. The lowest BCUT2D eigenvalue weighted by Gasteiger charge is -2.08. The van der Waals surface area contributed by atoms with Crippen LogP contribution in [-0.2, 0) is 10.0 Å². The van der Waals surface area contributed by atoms with E-state index in [0.717, 1.165) is 23.5 Å². The normalized spacial score (nSPS) is 11.4. The number of hydrogen-bond donors (Lipinski definition) is 2. The van der Waals surface area contributed by atoms with Gasteiger partial charge >= 0.3 is 5.97 Å². The molecule has 0 fully saturated rings. The van der Waals surface area contributed by atoms with Gasteiger partial charge in [-0.25, -0.2) is 26.4 Å². The maximum absolute atomic E-state index is 13.8. The molecule has 27 heavy (non-hydrogen) atoms. The molecule has 2 N–H and O–H groups in total. The molecular weight excluding hydrogens is 403 g/mol. The van der Waals surface area contributed by atoms with Gasteiger partial charge in [-0.1, -0.05) is 12.1 Å². The van der Waals surface area contributed by atoms with E-state index in [-0.39, 0.29) is 10.6 Å². The van der Waals surface area contributed by atoms with Crippen LogP contribution in [0, 0.1) is 17.5 Å². The minimum absolute atomic E-state index is 0.282. The van der Waals surface area contributed by atoms with Gasteiger partial charge in [-0.15, -0.1) is 11.3 Å². The zero-order valence-corrected chi connectivity index (χ0v) is 14.9. The monoisotopic (exact) mass is 413 g/mol. The first-order valence-corrected chi connectivity index (χ1v) is 9.58. The SMILES string of the molecule is O=C(O)c1sc(-c2ccc(F)cc2)cc1NS(=O)(=O)c1ccc(F)cc1F.